The molecule has 3 aromatic rings. The van der Waals surface area contributed by atoms with Gasteiger partial charge in [0.1, 0.15) is 17.6 Å². The number of hydrogen-bond acceptors (Lipinski definition) is 4. The zero-order valence-corrected chi connectivity index (χ0v) is 20.4. The normalized spacial score (nSPS) is 11.9. The Morgan fingerprint density at radius 1 is 1.10 bits per heavy atom. The molecule has 1 atom stereocenters. The molecule has 2 aromatic carbocycles. The lowest BCUT2D eigenvalue weighted by molar-refractivity contribution is 0.223. The third kappa shape index (κ3) is 8.12. The van der Waals surface area contributed by atoms with Crippen LogP contribution in [-0.2, 0) is 13.1 Å². The number of aromatic nitrogens is 2. The lowest BCUT2D eigenvalue weighted by atomic mass is 10.1. The Kier molecular flexibility index (Phi) is 10.2. The van der Waals surface area contributed by atoms with Crippen molar-refractivity contribution < 1.29 is 9.47 Å². The fourth-order valence-electron chi connectivity index (χ4n) is 3.02. The number of nitrogens with zero attached hydrogens (tertiary/aromatic N) is 3. The van der Waals surface area contributed by atoms with Crippen LogP contribution in [0.1, 0.15) is 18.1 Å². The van der Waals surface area contributed by atoms with E-state index in [4.69, 9.17) is 9.47 Å². The lowest BCUT2D eigenvalue weighted by Crippen LogP contribution is -2.41. The van der Waals surface area contributed by atoms with Crippen LogP contribution in [0.2, 0.25) is 0 Å². The van der Waals surface area contributed by atoms with Gasteiger partial charge in [-0.25, -0.2) is 4.98 Å². The van der Waals surface area contributed by atoms with Gasteiger partial charge in [-0.15, -0.1) is 24.0 Å². The van der Waals surface area contributed by atoms with Gasteiger partial charge in [-0.05, 0) is 30.2 Å². The van der Waals surface area contributed by atoms with Crippen LogP contribution in [0.3, 0.4) is 0 Å². The molecule has 0 radical (unpaired) electrons. The predicted molar refractivity (Wildman–Crippen MR) is 134 cm³/mol. The number of imidazole rings is 1. The van der Waals surface area contributed by atoms with E-state index in [1.54, 1.807) is 20.4 Å². The van der Waals surface area contributed by atoms with Gasteiger partial charge in [0.25, 0.3) is 0 Å². The van der Waals surface area contributed by atoms with Crippen LogP contribution >= 0.6 is 24.0 Å². The first-order chi connectivity index (χ1) is 14.7. The molecule has 2 N–H and O–H groups in total. The van der Waals surface area contributed by atoms with Crippen molar-refractivity contribution in [1.29, 1.82) is 0 Å². The summed E-state index contributed by atoms with van der Waals surface area (Å²) in [6, 6.07) is 16.1. The number of benzene rings is 2. The van der Waals surface area contributed by atoms with Crippen LogP contribution in [0.4, 0.5) is 0 Å². The predicted octanol–water partition coefficient (Wildman–Crippen LogP) is 3.69. The van der Waals surface area contributed by atoms with E-state index >= 15 is 0 Å². The van der Waals surface area contributed by atoms with Crippen LogP contribution in [0.5, 0.6) is 11.5 Å². The van der Waals surface area contributed by atoms with Gasteiger partial charge in [-0.3, -0.25) is 4.99 Å². The Morgan fingerprint density at radius 2 is 1.87 bits per heavy atom. The third-order valence-electron chi connectivity index (χ3n) is 4.53. The van der Waals surface area contributed by atoms with Crippen molar-refractivity contribution in [3.05, 3.63) is 78.4 Å². The molecular formula is C23H30IN5O2. The van der Waals surface area contributed by atoms with E-state index in [0.29, 0.717) is 13.1 Å². The molecule has 1 unspecified atom stereocenters. The molecule has 0 aliphatic carbocycles. The fourth-order valence-corrected chi connectivity index (χ4v) is 3.02. The van der Waals surface area contributed by atoms with Crippen LogP contribution in [-0.4, -0.2) is 42.3 Å². The highest BCUT2D eigenvalue weighted by atomic mass is 127. The van der Waals surface area contributed by atoms with E-state index in [9.17, 15) is 0 Å². The minimum absolute atomic E-state index is 0. The second-order valence-electron chi connectivity index (χ2n) is 6.97. The molecule has 3 rings (SSSR count). The van der Waals surface area contributed by atoms with Gasteiger partial charge in [0.05, 0.1) is 20.0 Å². The summed E-state index contributed by atoms with van der Waals surface area (Å²) in [5, 5.41) is 6.66. The van der Waals surface area contributed by atoms with E-state index in [0.717, 1.165) is 24.0 Å². The maximum absolute atomic E-state index is 5.95. The average Bonchev–Trinajstić information content (AvgIpc) is 3.27. The summed E-state index contributed by atoms with van der Waals surface area (Å²) < 4.78 is 13.2. The molecule has 31 heavy (non-hydrogen) atoms. The first-order valence-corrected chi connectivity index (χ1v) is 9.95. The highest BCUT2D eigenvalue weighted by Gasteiger charge is 2.07. The van der Waals surface area contributed by atoms with E-state index in [2.05, 4.69) is 49.4 Å². The standard InChI is InChI=1S/C23H29N5O2.HI/c1-18(30-22-9-5-8-21(13-22)29-3)14-26-23(24-2)27-15-19-6-4-7-20(12-19)16-28-11-10-25-17-28;/h4-13,17-18H,14-16H2,1-3H3,(H2,24,26,27);1H. The van der Waals surface area contributed by atoms with Gasteiger partial charge < -0.3 is 24.7 Å². The molecule has 166 valence electrons. The Bertz CT molecular complexity index is 947. The van der Waals surface area contributed by atoms with Gasteiger partial charge in [0.15, 0.2) is 5.96 Å². The van der Waals surface area contributed by atoms with Gasteiger partial charge >= 0.3 is 0 Å². The largest absolute Gasteiger partial charge is 0.497 e. The molecular weight excluding hydrogens is 505 g/mol. The SMILES string of the molecule is CN=C(NCc1cccc(Cn2ccnc2)c1)NCC(C)Oc1cccc(OC)c1.I. The number of halogens is 1. The number of ether oxygens (including phenoxy) is 2. The quantitative estimate of drug-likeness (QED) is 0.249. The van der Waals surface area contributed by atoms with Crippen LogP contribution in [0, 0.1) is 0 Å². The number of nitrogens with one attached hydrogen (secondary N) is 2. The molecule has 0 saturated carbocycles. The van der Waals surface area contributed by atoms with Crippen molar-refractivity contribution in [3.63, 3.8) is 0 Å². The average molecular weight is 535 g/mol. The minimum atomic E-state index is -0.0332. The maximum atomic E-state index is 5.95. The first-order valence-electron chi connectivity index (χ1n) is 9.95. The number of methoxy groups -OCH3 is 1. The molecule has 0 amide bonds. The second-order valence-corrected chi connectivity index (χ2v) is 6.97. The zero-order chi connectivity index (χ0) is 21.2. The molecule has 7 nitrogen and oxygen atoms in total. The molecule has 8 heteroatoms. The minimum Gasteiger partial charge on any atom is -0.497 e. The van der Waals surface area contributed by atoms with Gasteiger partial charge in [-0.1, -0.05) is 30.3 Å². The summed E-state index contributed by atoms with van der Waals surface area (Å²) in [5.41, 5.74) is 2.42. The lowest BCUT2D eigenvalue weighted by Gasteiger charge is -2.18. The van der Waals surface area contributed by atoms with Gasteiger partial charge in [0, 0.05) is 38.6 Å². The smallest absolute Gasteiger partial charge is 0.191 e. The summed E-state index contributed by atoms with van der Waals surface area (Å²) in [6.45, 7) is 4.12. The molecule has 1 aromatic heterocycles. The highest BCUT2D eigenvalue weighted by Crippen LogP contribution is 2.19. The molecule has 1 heterocycles. The molecule has 0 bridgehead atoms. The summed E-state index contributed by atoms with van der Waals surface area (Å²) in [5.74, 6) is 2.29. The summed E-state index contributed by atoms with van der Waals surface area (Å²) in [4.78, 5) is 8.39. The van der Waals surface area contributed by atoms with E-state index in [-0.39, 0.29) is 30.1 Å². The number of rotatable bonds is 9. The Hall–Kier alpha value is -2.75. The molecule has 0 aliphatic heterocycles. The maximum Gasteiger partial charge on any atom is 0.191 e. The summed E-state index contributed by atoms with van der Waals surface area (Å²) in [6.07, 6.45) is 5.55. The van der Waals surface area contributed by atoms with Crippen molar-refractivity contribution in [2.75, 3.05) is 20.7 Å². The Labute approximate surface area is 200 Å². The van der Waals surface area contributed by atoms with Crippen LogP contribution in [0.15, 0.2) is 72.2 Å². The van der Waals surface area contributed by atoms with Crippen molar-refractivity contribution in [3.8, 4) is 11.5 Å². The molecule has 0 spiro atoms. The number of aliphatic imine (C=N–C) groups is 1. The van der Waals surface area contributed by atoms with Crippen LogP contribution < -0.4 is 20.1 Å². The molecule has 0 aliphatic rings. The van der Waals surface area contributed by atoms with Crippen LogP contribution in [0.25, 0.3) is 0 Å². The van der Waals surface area contributed by atoms with Crippen molar-refractivity contribution in [2.45, 2.75) is 26.1 Å². The third-order valence-corrected chi connectivity index (χ3v) is 4.53. The van der Waals surface area contributed by atoms with E-state index in [1.807, 2.05) is 43.7 Å². The molecule has 0 saturated heterocycles. The van der Waals surface area contributed by atoms with Crippen molar-refractivity contribution in [2.24, 2.45) is 4.99 Å². The number of guanidine groups is 1. The number of hydrogen-bond donors (Lipinski definition) is 2. The fraction of sp³-hybridized carbons (Fsp3) is 0.304. The van der Waals surface area contributed by atoms with Crippen molar-refractivity contribution in [1.82, 2.24) is 20.2 Å². The molecule has 0 fully saturated rings. The summed E-state index contributed by atoms with van der Waals surface area (Å²) in [7, 11) is 3.41. The van der Waals surface area contributed by atoms with Crippen molar-refractivity contribution >= 4 is 29.9 Å². The van der Waals surface area contributed by atoms with Gasteiger partial charge in [0.2, 0.25) is 0 Å². The van der Waals surface area contributed by atoms with E-state index < -0.39 is 0 Å². The Morgan fingerprint density at radius 3 is 2.61 bits per heavy atom. The topological polar surface area (TPSA) is 72.7 Å². The van der Waals surface area contributed by atoms with E-state index in [1.165, 1.54) is 11.1 Å². The first kappa shape index (κ1) is 24.5. The summed E-state index contributed by atoms with van der Waals surface area (Å²) >= 11 is 0. The van der Waals surface area contributed by atoms with Gasteiger partial charge in [-0.2, -0.15) is 0 Å². The zero-order valence-electron chi connectivity index (χ0n) is 18.1. The second kappa shape index (κ2) is 12.8. The highest BCUT2D eigenvalue weighted by molar-refractivity contribution is 14.0. The Balaban J connectivity index is 0.00000341. The monoisotopic (exact) mass is 535 g/mol.